The minimum absolute atomic E-state index is 0.328. The van der Waals surface area contributed by atoms with Crippen LogP contribution in [0.15, 0.2) is 38.4 Å². The minimum Gasteiger partial charge on any atom is -0.468 e. The molecule has 2 aromatic rings. The first kappa shape index (κ1) is 14.1. The van der Waals surface area contributed by atoms with Crippen molar-refractivity contribution in [3.8, 4) is 11.5 Å². The average Bonchev–Trinajstić information content (AvgIpc) is 2.86. The van der Waals surface area contributed by atoms with Crippen LogP contribution in [-0.2, 0) is 9.53 Å². The lowest BCUT2D eigenvalue weighted by atomic mass is 10.2. The second kappa shape index (κ2) is 6.21. The Bertz CT molecular complexity index is 588. The molecule has 7 heteroatoms. The number of carbonyl (C=O) groups excluding carboxylic acids is 1. The van der Waals surface area contributed by atoms with Crippen molar-refractivity contribution >= 4 is 33.7 Å². The number of carbonyl (C=O) groups is 1. The van der Waals surface area contributed by atoms with Crippen molar-refractivity contribution in [3.05, 3.63) is 28.7 Å². The second-order valence-corrected chi connectivity index (χ2v) is 5.78. The molecule has 1 aromatic carbocycles. The van der Waals surface area contributed by atoms with Gasteiger partial charge in [-0.3, -0.25) is 4.79 Å². The highest BCUT2D eigenvalue weighted by atomic mass is 79.9. The Kier molecular flexibility index (Phi) is 4.60. The van der Waals surface area contributed by atoms with Crippen LogP contribution in [0, 0.1) is 0 Å². The van der Waals surface area contributed by atoms with Crippen molar-refractivity contribution < 1.29 is 13.9 Å². The van der Waals surface area contributed by atoms with Gasteiger partial charge in [0.25, 0.3) is 5.22 Å². The molecular weight excluding hydrogens is 332 g/mol. The predicted octanol–water partition coefficient (Wildman–Crippen LogP) is 3.15. The number of hydrogen-bond donors (Lipinski definition) is 0. The van der Waals surface area contributed by atoms with Crippen LogP contribution in [0.3, 0.4) is 0 Å². The third kappa shape index (κ3) is 3.36. The average molecular weight is 343 g/mol. The van der Waals surface area contributed by atoms with E-state index in [2.05, 4.69) is 30.9 Å². The number of ether oxygens (including phenoxy) is 1. The van der Waals surface area contributed by atoms with E-state index in [9.17, 15) is 4.79 Å². The fraction of sp³-hybridized carbons (Fsp3) is 0.250. The van der Waals surface area contributed by atoms with Crippen LogP contribution in [-0.4, -0.2) is 28.5 Å². The molecule has 2 rings (SSSR count). The van der Waals surface area contributed by atoms with E-state index in [0.29, 0.717) is 11.1 Å². The molecule has 0 aliphatic carbocycles. The van der Waals surface area contributed by atoms with Crippen molar-refractivity contribution in [3.63, 3.8) is 0 Å². The Labute approximate surface area is 122 Å². The molecule has 0 spiro atoms. The van der Waals surface area contributed by atoms with E-state index in [1.165, 1.54) is 18.9 Å². The van der Waals surface area contributed by atoms with E-state index in [-0.39, 0.29) is 5.97 Å². The summed E-state index contributed by atoms with van der Waals surface area (Å²) >= 11 is 4.59. The maximum atomic E-state index is 11.3. The Morgan fingerprint density at radius 1 is 1.42 bits per heavy atom. The van der Waals surface area contributed by atoms with Gasteiger partial charge in [-0.15, -0.1) is 10.2 Å². The highest BCUT2D eigenvalue weighted by Crippen LogP contribution is 2.30. The molecule has 0 bridgehead atoms. The molecule has 0 fully saturated rings. The fourth-order valence-corrected chi connectivity index (χ4v) is 2.53. The molecule has 0 saturated heterocycles. The van der Waals surface area contributed by atoms with Gasteiger partial charge in [-0.25, -0.2) is 0 Å². The van der Waals surface area contributed by atoms with Gasteiger partial charge in [0.2, 0.25) is 5.89 Å². The van der Waals surface area contributed by atoms with Crippen molar-refractivity contribution in [1.82, 2.24) is 10.2 Å². The smallest absolute Gasteiger partial charge is 0.319 e. The van der Waals surface area contributed by atoms with Crippen LogP contribution in [0.1, 0.15) is 6.92 Å². The van der Waals surface area contributed by atoms with Gasteiger partial charge in [0.1, 0.15) is 5.25 Å². The largest absolute Gasteiger partial charge is 0.468 e. The molecule has 1 heterocycles. The number of nitrogens with zero attached hydrogens (tertiary/aromatic N) is 2. The molecule has 0 amide bonds. The zero-order chi connectivity index (χ0) is 13.8. The first-order valence-corrected chi connectivity index (χ1v) is 7.12. The zero-order valence-corrected chi connectivity index (χ0v) is 12.7. The molecule has 0 radical (unpaired) electrons. The summed E-state index contributed by atoms with van der Waals surface area (Å²) in [6.45, 7) is 1.72. The summed E-state index contributed by atoms with van der Waals surface area (Å²) in [6, 6.07) is 7.55. The van der Waals surface area contributed by atoms with Crippen molar-refractivity contribution in [2.45, 2.75) is 17.4 Å². The number of hydrogen-bond acceptors (Lipinski definition) is 6. The van der Waals surface area contributed by atoms with E-state index < -0.39 is 5.25 Å². The van der Waals surface area contributed by atoms with E-state index in [1.54, 1.807) is 6.92 Å². The number of halogens is 1. The zero-order valence-electron chi connectivity index (χ0n) is 10.3. The van der Waals surface area contributed by atoms with Crippen LogP contribution in [0.5, 0.6) is 0 Å². The molecule has 1 unspecified atom stereocenters. The quantitative estimate of drug-likeness (QED) is 0.628. The number of aromatic nitrogens is 2. The third-order valence-electron chi connectivity index (χ3n) is 2.32. The molecule has 0 saturated carbocycles. The highest BCUT2D eigenvalue weighted by Gasteiger charge is 2.19. The SMILES string of the molecule is COC(=O)C(C)Sc1nnc(-c2ccccc2Br)o1. The number of benzene rings is 1. The highest BCUT2D eigenvalue weighted by molar-refractivity contribution is 9.10. The summed E-state index contributed by atoms with van der Waals surface area (Å²) in [5.41, 5.74) is 0.813. The monoisotopic (exact) mass is 342 g/mol. The van der Waals surface area contributed by atoms with Crippen LogP contribution in [0.25, 0.3) is 11.5 Å². The van der Waals surface area contributed by atoms with Gasteiger partial charge in [0.15, 0.2) is 0 Å². The maximum Gasteiger partial charge on any atom is 0.319 e. The van der Waals surface area contributed by atoms with E-state index in [1.807, 2.05) is 24.3 Å². The Morgan fingerprint density at radius 3 is 2.84 bits per heavy atom. The third-order valence-corrected chi connectivity index (χ3v) is 3.93. The van der Waals surface area contributed by atoms with Crippen molar-refractivity contribution in [2.75, 3.05) is 7.11 Å². The van der Waals surface area contributed by atoms with E-state index in [0.717, 1.165) is 10.0 Å². The summed E-state index contributed by atoms with van der Waals surface area (Å²) < 4.78 is 11.0. The molecule has 1 atom stereocenters. The van der Waals surface area contributed by atoms with Gasteiger partial charge in [-0.05, 0) is 35.0 Å². The van der Waals surface area contributed by atoms with Crippen LogP contribution >= 0.6 is 27.7 Å². The molecule has 19 heavy (non-hydrogen) atoms. The number of methoxy groups -OCH3 is 1. The minimum atomic E-state index is -0.391. The molecule has 100 valence electrons. The van der Waals surface area contributed by atoms with Gasteiger partial charge in [0.05, 0.1) is 12.7 Å². The number of esters is 1. The van der Waals surface area contributed by atoms with E-state index >= 15 is 0 Å². The molecule has 0 aliphatic rings. The normalized spacial score (nSPS) is 12.2. The number of thioether (sulfide) groups is 1. The fourth-order valence-electron chi connectivity index (χ4n) is 1.37. The predicted molar refractivity (Wildman–Crippen MR) is 74.8 cm³/mol. The molecule has 0 N–H and O–H groups in total. The lowest BCUT2D eigenvalue weighted by Crippen LogP contribution is -2.14. The maximum absolute atomic E-state index is 11.3. The Balaban J connectivity index is 2.16. The second-order valence-electron chi connectivity index (χ2n) is 3.64. The summed E-state index contributed by atoms with van der Waals surface area (Å²) in [5, 5.41) is 7.82. The molecule has 0 aliphatic heterocycles. The summed E-state index contributed by atoms with van der Waals surface area (Å²) in [5.74, 6) is 0.0812. The van der Waals surface area contributed by atoms with Crippen molar-refractivity contribution in [2.24, 2.45) is 0 Å². The summed E-state index contributed by atoms with van der Waals surface area (Å²) in [4.78, 5) is 11.3. The van der Waals surface area contributed by atoms with Gasteiger partial charge >= 0.3 is 5.97 Å². The van der Waals surface area contributed by atoms with Gasteiger partial charge in [0, 0.05) is 4.47 Å². The topological polar surface area (TPSA) is 65.2 Å². The molecule has 5 nitrogen and oxygen atoms in total. The Hall–Kier alpha value is -1.34. The lowest BCUT2D eigenvalue weighted by molar-refractivity contribution is -0.139. The lowest BCUT2D eigenvalue weighted by Gasteiger charge is -2.04. The number of rotatable bonds is 4. The standard InChI is InChI=1S/C12H11BrN2O3S/c1-7(11(16)17-2)19-12-15-14-10(18-12)8-5-3-4-6-9(8)13/h3-7H,1-2H3. The first-order valence-electron chi connectivity index (χ1n) is 5.44. The van der Waals surface area contributed by atoms with Gasteiger partial charge in [-0.2, -0.15) is 0 Å². The first-order chi connectivity index (χ1) is 9.11. The Morgan fingerprint density at radius 2 is 2.16 bits per heavy atom. The molecule has 1 aromatic heterocycles. The van der Waals surface area contributed by atoms with Crippen LogP contribution in [0.4, 0.5) is 0 Å². The van der Waals surface area contributed by atoms with Crippen LogP contribution in [0.2, 0.25) is 0 Å². The summed E-state index contributed by atoms with van der Waals surface area (Å²) in [6.07, 6.45) is 0. The van der Waals surface area contributed by atoms with Gasteiger partial charge < -0.3 is 9.15 Å². The molecular formula is C12H11BrN2O3S. The van der Waals surface area contributed by atoms with Crippen LogP contribution < -0.4 is 0 Å². The van der Waals surface area contributed by atoms with Gasteiger partial charge in [-0.1, -0.05) is 23.9 Å². The summed E-state index contributed by atoms with van der Waals surface area (Å²) in [7, 11) is 1.35. The van der Waals surface area contributed by atoms with E-state index in [4.69, 9.17) is 4.42 Å². The van der Waals surface area contributed by atoms with Crippen molar-refractivity contribution in [1.29, 1.82) is 0 Å².